The molecule has 2 aliphatic rings. The Kier molecular flexibility index (Phi) is 6.73. The smallest absolute Gasteiger partial charge is 0.373 e. The van der Waals surface area contributed by atoms with Gasteiger partial charge in [0.1, 0.15) is 0 Å². The van der Waals surface area contributed by atoms with E-state index >= 15 is 0 Å². The molecule has 1 saturated heterocycles. The Morgan fingerprint density at radius 3 is 2.50 bits per heavy atom. The molecule has 1 saturated carbocycles. The summed E-state index contributed by atoms with van der Waals surface area (Å²) in [7, 11) is -3.49. The molecular weight excluding hydrogens is 438 g/mol. The zero-order valence-corrected chi connectivity index (χ0v) is 17.2. The number of aromatic nitrogens is 1. The Bertz CT molecular complexity index is 1110. The third-order valence-corrected chi connectivity index (χ3v) is 7.74. The van der Waals surface area contributed by atoms with Crippen molar-refractivity contribution >= 4 is 51.2 Å². The number of hydrogen-bond acceptors (Lipinski definition) is 7. The fraction of sp³-hybridized carbons (Fsp3) is 0.389. The lowest BCUT2D eigenvalue weighted by molar-refractivity contribution is -0.191. The Morgan fingerprint density at radius 2 is 1.97 bits per heavy atom. The molecule has 1 aliphatic carbocycles. The number of H-pyrrole nitrogens is 1. The van der Waals surface area contributed by atoms with Gasteiger partial charge in [-0.05, 0) is 24.5 Å². The van der Waals surface area contributed by atoms with E-state index in [2.05, 4.69) is 10.3 Å². The average Bonchev–Trinajstić information content (AvgIpc) is 3.34. The molecule has 2 aromatic rings. The molecule has 2 fully saturated rings. The summed E-state index contributed by atoms with van der Waals surface area (Å²) < 4.78 is 24.1. The van der Waals surface area contributed by atoms with Crippen LogP contribution in [0.2, 0.25) is 0 Å². The van der Waals surface area contributed by atoms with Gasteiger partial charge in [0.25, 0.3) is 0 Å². The number of carboxylic acids is 1. The third-order valence-electron chi connectivity index (χ3n) is 5.43. The number of amides is 1. The molecule has 0 spiro atoms. The first-order valence-electron chi connectivity index (χ1n) is 8.73. The average molecular weight is 458 g/mol. The van der Waals surface area contributed by atoms with E-state index in [1.165, 1.54) is 0 Å². The lowest BCUT2D eigenvalue weighted by Gasteiger charge is -2.28. The topological polar surface area (TPSA) is 176 Å². The Balaban J connectivity index is 0.000000757. The van der Waals surface area contributed by atoms with Gasteiger partial charge in [0.15, 0.2) is 15.4 Å². The minimum atomic E-state index is -3.49. The molecule has 0 bridgehead atoms. The second-order valence-corrected chi connectivity index (χ2v) is 9.43. The van der Waals surface area contributed by atoms with Crippen LogP contribution in [0.25, 0.3) is 10.9 Å². The van der Waals surface area contributed by atoms with E-state index in [1.54, 1.807) is 6.20 Å². The SMILES string of the molecule is Cl.N[C@@H](Cc1c[nH]c2ccccc12)C(=O)N[C@@]1(C(=O)O)CS(=O)(=O)[C@H]2C[C@H]21.O=C=O. The predicted octanol–water partition coefficient (Wildman–Crippen LogP) is -0.367. The molecule has 30 heavy (non-hydrogen) atoms. The van der Waals surface area contributed by atoms with Gasteiger partial charge in [-0.1, -0.05) is 18.2 Å². The first kappa shape index (κ1) is 23.6. The number of carbonyl (C=O) groups excluding carboxylic acids is 3. The number of benzene rings is 1. The molecule has 1 amide bonds. The van der Waals surface area contributed by atoms with Gasteiger partial charge in [-0.25, -0.2) is 13.2 Å². The Labute approximate surface area is 177 Å². The minimum Gasteiger partial charge on any atom is -0.479 e. The van der Waals surface area contributed by atoms with Gasteiger partial charge in [0.2, 0.25) is 5.91 Å². The highest BCUT2D eigenvalue weighted by molar-refractivity contribution is 7.92. The molecule has 1 aliphatic heterocycles. The highest BCUT2D eigenvalue weighted by Crippen LogP contribution is 2.52. The number of carbonyl (C=O) groups is 2. The van der Waals surface area contributed by atoms with E-state index in [9.17, 15) is 23.1 Å². The quantitative estimate of drug-likeness (QED) is 0.470. The summed E-state index contributed by atoms with van der Waals surface area (Å²) in [6.45, 7) is 0. The zero-order chi connectivity index (χ0) is 21.4. The number of fused-ring (bicyclic) bond motifs is 2. The lowest BCUT2D eigenvalue weighted by Crippen LogP contribution is -2.61. The Hall–Kier alpha value is -2.72. The minimum absolute atomic E-state index is 0. The van der Waals surface area contributed by atoms with Crippen molar-refractivity contribution in [1.29, 1.82) is 0 Å². The van der Waals surface area contributed by atoms with Crippen LogP contribution in [0.3, 0.4) is 0 Å². The molecule has 5 N–H and O–H groups in total. The molecular formula is C18H20ClN3O7S. The van der Waals surface area contributed by atoms with Crippen LogP contribution in [-0.2, 0) is 35.4 Å². The number of rotatable bonds is 5. The van der Waals surface area contributed by atoms with Crippen molar-refractivity contribution in [2.45, 2.75) is 29.7 Å². The third kappa shape index (κ3) is 4.10. The number of nitrogens with two attached hydrogens (primary N) is 1. The second kappa shape index (κ2) is 8.57. The summed E-state index contributed by atoms with van der Waals surface area (Å²) in [5, 5.41) is 12.3. The molecule has 4 atom stereocenters. The van der Waals surface area contributed by atoms with Gasteiger partial charge in [-0.3, -0.25) is 4.79 Å². The number of sulfone groups is 1. The number of aliphatic carboxylic acids is 1. The summed E-state index contributed by atoms with van der Waals surface area (Å²) in [4.78, 5) is 43.7. The number of aromatic amines is 1. The standard InChI is InChI=1S/C17H19N3O5S.CO2.ClH/c18-12(5-9-7-19-13-4-2-1-3-10(9)13)15(21)20-17(16(22)23)8-26(24,25)14-6-11(14)17;2-1-3;/h1-4,7,11-12,14,19H,5-6,8,18H2,(H,20,21)(H,22,23);;1H/t11-,12+,14+,17+;;/m1../s1. The van der Waals surface area contributed by atoms with Crippen LogP contribution in [0.1, 0.15) is 12.0 Å². The van der Waals surface area contributed by atoms with E-state index in [4.69, 9.17) is 15.3 Å². The van der Waals surface area contributed by atoms with Crippen LogP contribution in [0.4, 0.5) is 0 Å². The van der Waals surface area contributed by atoms with Crippen LogP contribution in [0, 0.1) is 5.92 Å². The van der Waals surface area contributed by atoms with Crippen molar-refractivity contribution in [2.24, 2.45) is 11.7 Å². The van der Waals surface area contributed by atoms with Gasteiger partial charge < -0.3 is 21.1 Å². The second-order valence-electron chi connectivity index (χ2n) is 7.21. The van der Waals surface area contributed by atoms with Crippen molar-refractivity contribution < 1.29 is 32.7 Å². The predicted molar refractivity (Wildman–Crippen MR) is 106 cm³/mol. The maximum absolute atomic E-state index is 12.5. The van der Waals surface area contributed by atoms with Crippen molar-refractivity contribution in [3.05, 3.63) is 36.0 Å². The molecule has 162 valence electrons. The molecule has 4 rings (SSSR count). The molecule has 10 nitrogen and oxygen atoms in total. The van der Waals surface area contributed by atoms with E-state index in [-0.39, 0.29) is 31.4 Å². The van der Waals surface area contributed by atoms with E-state index in [0.717, 1.165) is 16.5 Å². The van der Waals surface area contributed by atoms with Crippen molar-refractivity contribution in [3.8, 4) is 0 Å². The highest BCUT2D eigenvalue weighted by atomic mass is 35.5. The van der Waals surface area contributed by atoms with Crippen LogP contribution in [-0.4, -0.2) is 59.1 Å². The number of halogens is 1. The van der Waals surface area contributed by atoms with Crippen molar-refractivity contribution in [2.75, 3.05) is 5.75 Å². The zero-order valence-electron chi connectivity index (χ0n) is 15.5. The summed E-state index contributed by atoms with van der Waals surface area (Å²) in [5.74, 6) is -3.12. The first-order chi connectivity index (χ1) is 13.7. The molecule has 0 radical (unpaired) electrons. The maximum Gasteiger partial charge on any atom is 0.373 e. The normalized spacial score (nSPS) is 26.2. The number of hydrogen-bond donors (Lipinski definition) is 4. The van der Waals surface area contributed by atoms with Gasteiger partial charge in [0, 0.05) is 23.0 Å². The molecule has 2 heterocycles. The van der Waals surface area contributed by atoms with Crippen LogP contribution in [0.5, 0.6) is 0 Å². The fourth-order valence-corrected chi connectivity index (χ4v) is 6.46. The summed E-state index contributed by atoms with van der Waals surface area (Å²) in [5.41, 5.74) is 5.99. The number of para-hydroxylation sites is 1. The highest BCUT2D eigenvalue weighted by Gasteiger charge is 2.70. The van der Waals surface area contributed by atoms with Crippen LogP contribution in [0.15, 0.2) is 30.5 Å². The number of carboxylic acid groups (broad SMARTS) is 1. The lowest BCUT2D eigenvalue weighted by atomic mass is 9.94. The first-order valence-corrected chi connectivity index (χ1v) is 10.4. The molecule has 12 heteroatoms. The largest absolute Gasteiger partial charge is 0.479 e. The van der Waals surface area contributed by atoms with Crippen LogP contribution < -0.4 is 11.1 Å². The van der Waals surface area contributed by atoms with E-state index < -0.39 is 50.2 Å². The van der Waals surface area contributed by atoms with Crippen molar-refractivity contribution in [3.63, 3.8) is 0 Å². The maximum atomic E-state index is 12.5. The van der Waals surface area contributed by atoms with Crippen LogP contribution >= 0.6 is 12.4 Å². The van der Waals surface area contributed by atoms with Gasteiger partial charge in [0.05, 0.1) is 17.0 Å². The van der Waals surface area contributed by atoms with Gasteiger partial charge in [-0.2, -0.15) is 9.59 Å². The molecule has 0 unspecified atom stereocenters. The monoisotopic (exact) mass is 457 g/mol. The van der Waals surface area contributed by atoms with E-state index in [1.807, 2.05) is 24.3 Å². The van der Waals surface area contributed by atoms with Crippen molar-refractivity contribution in [1.82, 2.24) is 10.3 Å². The number of nitrogens with one attached hydrogen (secondary N) is 2. The van der Waals surface area contributed by atoms with Gasteiger partial charge >= 0.3 is 12.1 Å². The van der Waals surface area contributed by atoms with E-state index in [0.29, 0.717) is 0 Å². The summed E-state index contributed by atoms with van der Waals surface area (Å²) in [6.07, 6.45) is 2.50. The molecule has 1 aromatic carbocycles. The molecule has 1 aromatic heterocycles. The summed E-state index contributed by atoms with van der Waals surface area (Å²) in [6, 6.07) is 6.59. The van der Waals surface area contributed by atoms with Gasteiger partial charge in [-0.15, -0.1) is 12.4 Å². The Morgan fingerprint density at radius 1 is 1.33 bits per heavy atom. The fourth-order valence-electron chi connectivity index (χ4n) is 3.96. The summed E-state index contributed by atoms with van der Waals surface area (Å²) >= 11 is 0.